The standard InChI is InChI=1S/C25H24BrN5O2S/c1-15(2)18(16-8-4-3-5-9-16)12-31-23-21(22(27)28-14-29-23)30-25(31)34-20-13-32-24(33-20)17-10-6-7-11-19(17)26/h3-11,13-15,18,24H,12H2,1-2H3,(H2,27,28,29). The third-order valence-corrected chi connectivity index (χ3v) is 7.41. The lowest BCUT2D eigenvalue weighted by Crippen LogP contribution is -2.16. The van der Waals surface area contributed by atoms with Crippen LogP contribution in [0.5, 0.6) is 0 Å². The third-order valence-electron chi connectivity index (χ3n) is 5.80. The molecule has 3 heterocycles. The van der Waals surface area contributed by atoms with Gasteiger partial charge in [0.15, 0.2) is 22.1 Å². The van der Waals surface area contributed by atoms with Crippen LogP contribution in [0.3, 0.4) is 0 Å². The van der Waals surface area contributed by atoms with Crippen LogP contribution in [0.25, 0.3) is 11.2 Å². The molecule has 2 N–H and O–H groups in total. The topological polar surface area (TPSA) is 88.1 Å². The van der Waals surface area contributed by atoms with Crippen molar-refractivity contribution in [3.05, 3.63) is 87.9 Å². The molecule has 1 aliphatic heterocycles. The highest BCUT2D eigenvalue weighted by Gasteiger charge is 2.28. The summed E-state index contributed by atoms with van der Waals surface area (Å²) in [5.41, 5.74) is 9.63. The van der Waals surface area contributed by atoms with Crippen LogP contribution >= 0.6 is 27.7 Å². The van der Waals surface area contributed by atoms with Gasteiger partial charge in [0.2, 0.25) is 5.09 Å². The number of fused-ring (bicyclic) bond motifs is 1. The fourth-order valence-corrected chi connectivity index (χ4v) is 5.29. The molecule has 2 atom stereocenters. The van der Waals surface area contributed by atoms with E-state index in [0.717, 1.165) is 15.2 Å². The van der Waals surface area contributed by atoms with Gasteiger partial charge in [-0.25, -0.2) is 15.0 Å². The average molecular weight is 538 g/mol. The van der Waals surface area contributed by atoms with Gasteiger partial charge in [-0.15, -0.1) is 0 Å². The second-order valence-electron chi connectivity index (χ2n) is 8.34. The molecule has 2 unspecified atom stereocenters. The number of nitrogens with zero attached hydrogens (tertiary/aromatic N) is 4. The van der Waals surface area contributed by atoms with Crippen LogP contribution in [0.15, 0.2) is 81.9 Å². The van der Waals surface area contributed by atoms with E-state index in [1.165, 1.54) is 23.7 Å². The highest BCUT2D eigenvalue weighted by Crippen LogP contribution is 2.41. The molecule has 2 aromatic heterocycles. The molecule has 0 radical (unpaired) electrons. The largest absolute Gasteiger partial charge is 0.454 e. The maximum absolute atomic E-state index is 6.15. The van der Waals surface area contributed by atoms with Crippen molar-refractivity contribution in [2.24, 2.45) is 5.92 Å². The van der Waals surface area contributed by atoms with Gasteiger partial charge in [-0.3, -0.25) is 0 Å². The predicted molar refractivity (Wildman–Crippen MR) is 137 cm³/mol. The van der Waals surface area contributed by atoms with Crippen molar-refractivity contribution < 1.29 is 9.47 Å². The van der Waals surface area contributed by atoms with E-state index < -0.39 is 6.29 Å². The van der Waals surface area contributed by atoms with Crippen LogP contribution in [-0.4, -0.2) is 19.5 Å². The zero-order chi connectivity index (χ0) is 23.7. The maximum atomic E-state index is 6.15. The Bertz CT molecular complexity index is 1340. The van der Waals surface area contributed by atoms with Crippen molar-refractivity contribution >= 4 is 44.7 Å². The first-order valence-corrected chi connectivity index (χ1v) is 12.6. The Morgan fingerprint density at radius 3 is 2.62 bits per heavy atom. The molecule has 2 aromatic carbocycles. The van der Waals surface area contributed by atoms with Crippen molar-refractivity contribution in [3.8, 4) is 0 Å². The molecule has 4 aromatic rings. The van der Waals surface area contributed by atoms with Crippen LogP contribution < -0.4 is 5.73 Å². The lowest BCUT2D eigenvalue weighted by Gasteiger charge is -2.23. The Hall–Kier alpha value is -3.04. The molecule has 0 saturated carbocycles. The SMILES string of the molecule is CC(C)C(Cn1c(SC2=COC(c3ccccc3Br)O2)nc2c(N)ncnc21)c1ccccc1. The summed E-state index contributed by atoms with van der Waals surface area (Å²) in [6.07, 6.45) is 2.59. The van der Waals surface area contributed by atoms with Crippen molar-refractivity contribution in [2.45, 2.75) is 37.8 Å². The van der Waals surface area contributed by atoms with Gasteiger partial charge < -0.3 is 19.8 Å². The summed E-state index contributed by atoms with van der Waals surface area (Å²) in [7, 11) is 0. The molecule has 1 aliphatic rings. The first-order valence-electron chi connectivity index (χ1n) is 11.0. The Morgan fingerprint density at radius 2 is 1.85 bits per heavy atom. The number of hydrogen-bond donors (Lipinski definition) is 1. The normalized spacial score (nSPS) is 16.4. The van der Waals surface area contributed by atoms with Crippen LogP contribution in [0.4, 0.5) is 5.82 Å². The first-order chi connectivity index (χ1) is 16.5. The summed E-state index contributed by atoms with van der Waals surface area (Å²) >= 11 is 4.96. The molecule has 9 heteroatoms. The molecule has 7 nitrogen and oxygen atoms in total. The fraction of sp³-hybridized carbons (Fsp3) is 0.240. The Morgan fingerprint density at radius 1 is 1.09 bits per heavy atom. The van der Waals surface area contributed by atoms with E-state index in [1.54, 1.807) is 6.26 Å². The lowest BCUT2D eigenvalue weighted by atomic mass is 9.88. The fourth-order valence-electron chi connectivity index (χ4n) is 3.99. The highest BCUT2D eigenvalue weighted by molar-refractivity contribution is 9.10. The molecule has 0 spiro atoms. The number of halogens is 1. The summed E-state index contributed by atoms with van der Waals surface area (Å²) in [5.74, 6) is 1.02. The number of anilines is 1. The molecular formula is C25H24BrN5O2S. The molecule has 0 fully saturated rings. The minimum Gasteiger partial charge on any atom is -0.454 e. The minimum absolute atomic E-state index is 0.261. The Labute approximate surface area is 210 Å². The van der Waals surface area contributed by atoms with Crippen LogP contribution in [-0.2, 0) is 16.0 Å². The number of thioether (sulfide) groups is 1. The van der Waals surface area contributed by atoms with Gasteiger partial charge in [0.1, 0.15) is 12.6 Å². The second-order valence-corrected chi connectivity index (χ2v) is 10.2. The Balaban J connectivity index is 1.47. The number of hydrogen-bond acceptors (Lipinski definition) is 7. The van der Waals surface area contributed by atoms with E-state index in [-0.39, 0.29) is 5.92 Å². The molecule has 34 heavy (non-hydrogen) atoms. The minimum atomic E-state index is -0.520. The van der Waals surface area contributed by atoms with Gasteiger partial charge in [-0.05, 0) is 29.3 Å². The zero-order valence-electron chi connectivity index (χ0n) is 18.8. The summed E-state index contributed by atoms with van der Waals surface area (Å²) in [5, 5.41) is 1.34. The first kappa shape index (κ1) is 22.7. The van der Waals surface area contributed by atoms with Crippen LogP contribution in [0, 0.1) is 5.92 Å². The second kappa shape index (κ2) is 9.68. The summed E-state index contributed by atoms with van der Waals surface area (Å²) in [4.78, 5) is 13.4. The van der Waals surface area contributed by atoms with Gasteiger partial charge in [0, 0.05) is 22.5 Å². The molecule has 0 bridgehead atoms. The van der Waals surface area contributed by atoms with E-state index in [0.29, 0.717) is 34.5 Å². The molecule has 0 aliphatic carbocycles. The summed E-state index contributed by atoms with van der Waals surface area (Å²) in [6.45, 7) is 5.15. The van der Waals surface area contributed by atoms with E-state index in [1.807, 2.05) is 30.3 Å². The number of ether oxygens (including phenoxy) is 2. The van der Waals surface area contributed by atoms with E-state index in [4.69, 9.17) is 20.2 Å². The van der Waals surface area contributed by atoms with Crippen molar-refractivity contribution in [1.82, 2.24) is 19.5 Å². The zero-order valence-corrected chi connectivity index (χ0v) is 21.2. The smallest absolute Gasteiger partial charge is 0.268 e. The molecular weight excluding hydrogens is 514 g/mol. The molecule has 0 saturated heterocycles. The molecule has 0 amide bonds. The van der Waals surface area contributed by atoms with Crippen LogP contribution in [0.2, 0.25) is 0 Å². The van der Waals surface area contributed by atoms with E-state index in [2.05, 4.69) is 68.6 Å². The van der Waals surface area contributed by atoms with Crippen molar-refractivity contribution in [2.75, 3.05) is 5.73 Å². The number of nitrogen functional groups attached to an aromatic ring is 1. The number of imidazole rings is 1. The summed E-state index contributed by atoms with van der Waals surface area (Å²) < 4.78 is 14.9. The van der Waals surface area contributed by atoms with E-state index >= 15 is 0 Å². The molecule has 5 rings (SSSR count). The Kier molecular flexibility index (Phi) is 6.47. The van der Waals surface area contributed by atoms with Gasteiger partial charge >= 0.3 is 0 Å². The predicted octanol–water partition coefficient (Wildman–Crippen LogP) is 6.25. The maximum Gasteiger partial charge on any atom is 0.268 e. The lowest BCUT2D eigenvalue weighted by molar-refractivity contribution is -0.0278. The molecule has 174 valence electrons. The van der Waals surface area contributed by atoms with Gasteiger partial charge in [0.25, 0.3) is 6.29 Å². The summed E-state index contributed by atoms with van der Waals surface area (Å²) in [6, 6.07) is 18.3. The van der Waals surface area contributed by atoms with Gasteiger partial charge in [-0.2, -0.15) is 0 Å². The quantitative estimate of drug-likeness (QED) is 0.298. The van der Waals surface area contributed by atoms with Gasteiger partial charge in [-0.1, -0.05) is 78.3 Å². The van der Waals surface area contributed by atoms with Crippen molar-refractivity contribution in [3.63, 3.8) is 0 Å². The number of nitrogens with two attached hydrogens (primary N) is 1. The van der Waals surface area contributed by atoms with Gasteiger partial charge in [0.05, 0.1) is 0 Å². The third kappa shape index (κ3) is 4.50. The number of aromatic nitrogens is 4. The van der Waals surface area contributed by atoms with Crippen LogP contribution in [0.1, 0.15) is 37.2 Å². The highest BCUT2D eigenvalue weighted by atomic mass is 79.9. The van der Waals surface area contributed by atoms with Crippen molar-refractivity contribution in [1.29, 1.82) is 0 Å². The average Bonchev–Trinajstić information content (AvgIpc) is 3.44. The van der Waals surface area contributed by atoms with E-state index in [9.17, 15) is 0 Å². The number of rotatable bonds is 7. The number of benzene rings is 2. The monoisotopic (exact) mass is 537 g/mol.